The number of nitrogens with zero attached hydrogens (tertiary/aromatic N) is 1. The quantitative estimate of drug-likeness (QED) is 0.439. The number of carbonyl (C=O) groups is 2. The van der Waals surface area contributed by atoms with E-state index in [9.17, 15) is 9.59 Å². The fraction of sp³-hybridized carbons (Fsp3) is 0.320. The number of hydrogen-bond donors (Lipinski definition) is 3. The normalized spacial score (nSPS) is 12.5. The summed E-state index contributed by atoms with van der Waals surface area (Å²) >= 11 is 0. The minimum absolute atomic E-state index is 0.0940. The van der Waals surface area contributed by atoms with Crippen molar-refractivity contribution in [1.29, 1.82) is 0 Å². The standard InChI is InChI=1S/C25H30N4O4/c1-16(19-8-6-5-7-9-19)10-20-14-23(29-28-20)27-25(31)17(2)26-24(30)13-18-11-21(32-3)15-22(12-18)33-4/h5-9,11-12,14-17H,10,13H2,1-4H3,(H,26,30)(H2,27,28,29,31). The summed E-state index contributed by atoms with van der Waals surface area (Å²) in [5, 5.41) is 12.6. The van der Waals surface area contributed by atoms with Crippen molar-refractivity contribution in [3.8, 4) is 11.5 Å². The molecule has 0 bridgehead atoms. The SMILES string of the molecule is COc1cc(CC(=O)NC(C)C(=O)Nc2cc(CC(C)c3ccccc3)n[nH]2)cc(OC)c1. The van der Waals surface area contributed by atoms with E-state index in [1.54, 1.807) is 39.3 Å². The van der Waals surface area contributed by atoms with E-state index in [1.165, 1.54) is 5.56 Å². The summed E-state index contributed by atoms with van der Waals surface area (Å²) in [6.45, 7) is 3.77. The second-order valence-corrected chi connectivity index (χ2v) is 7.96. The van der Waals surface area contributed by atoms with Crippen molar-refractivity contribution in [2.24, 2.45) is 0 Å². The Morgan fingerprint density at radius 2 is 1.67 bits per heavy atom. The maximum Gasteiger partial charge on any atom is 0.247 e. The van der Waals surface area contributed by atoms with E-state index in [4.69, 9.17) is 9.47 Å². The third-order valence-electron chi connectivity index (χ3n) is 5.32. The van der Waals surface area contributed by atoms with Gasteiger partial charge in [-0.2, -0.15) is 5.10 Å². The second-order valence-electron chi connectivity index (χ2n) is 7.96. The molecule has 0 fully saturated rings. The minimum Gasteiger partial charge on any atom is -0.497 e. The average molecular weight is 451 g/mol. The maximum absolute atomic E-state index is 12.5. The third-order valence-corrected chi connectivity index (χ3v) is 5.32. The number of aromatic nitrogens is 2. The number of carbonyl (C=O) groups excluding carboxylic acids is 2. The fourth-order valence-corrected chi connectivity index (χ4v) is 3.50. The molecule has 2 aromatic carbocycles. The van der Waals surface area contributed by atoms with Gasteiger partial charge in [-0.15, -0.1) is 0 Å². The fourth-order valence-electron chi connectivity index (χ4n) is 3.50. The van der Waals surface area contributed by atoms with E-state index in [-0.39, 0.29) is 18.2 Å². The van der Waals surface area contributed by atoms with Crippen LogP contribution < -0.4 is 20.1 Å². The lowest BCUT2D eigenvalue weighted by Gasteiger charge is -2.14. The molecule has 3 rings (SSSR count). The van der Waals surface area contributed by atoms with Gasteiger partial charge < -0.3 is 20.1 Å². The van der Waals surface area contributed by atoms with Crippen LogP contribution in [-0.2, 0) is 22.4 Å². The predicted molar refractivity (Wildman–Crippen MR) is 127 cm³/mol. The molecule has 0 saturated carbocycles. The molecule has 174 valence electrons. The van der Waals surface area contributed by atoms with E-state index < -0.39 is 6.04 Å². The first kappa shape index (κ1) is 23.8. The van der Waals surface area contributed by atoms with Crippen molar-refractivity contribution in [2.75, 3.05) is 19.5 Å². The second kappa shape index (κ2) is 11.2. The number of aromatic amines is 1. The number of ether oxygens (including phenoxy) is 2. The van der Waals surface area contributed by atoms with Crippen molar-refractivity contribution < 1.29 is 19.1 Å². The van der Waals surface area contributed by atoms with Crippen molar-refractivity contribution >= 4 is 17.6 Å². The molecule has 1 aromatic heterocycles. The van der Waals surface area contributed by atoms with Gasteiger partial charge >= 0.3 is 0 Å². The molecular weight excluding hydrogens is 420 g/mol. The van der Waals surface area contributed by atoms with E-state index in [2.05, 4.69) is 39.9 Å². The van der Waals surface area contributed by atoms with Crippen molar-refractivity contribution in [3.05, 3.63) is 71.4 Å². The summed E-state index contributed by atoms with van der Waals surface area (Å²) in [5.74, 6) is 1.37. The van der Waals surface area contributed by atoms with Gasteiger partial charge in [-0.05, 0) is 42.5 Å². The zero-order valence-corrected chi connectivity index (χ0v) is 19.3. The van der Waals surface area contributed by atoms with Crippen LogP contribution in [0.5, 0.6) is 11.5 Å². The summed E-state index contributed by atoms with van der Waals surface area (Å²) in [6.07, 6.45) is 0.837. The van der Waals surface area contributed by atoms with Gasteiger partial charge in [-0.25, -0.2) is 0 Å². The van der Waals surface area contributed by atoms with Crippen LogP contribution in [0.1, 0.15) is 36.6 Å². The van der Waals surface area contributed by atoms with Crippen LogP contribution in [0, 0.1) is 0 Å². The van der Waals surface area contributed by atoms with Crippen LogP contribution in [0.3, 0.4) is 0 Å². The van der Waals surface area contributed by atoms with Gasteiger partial charge in [-0.1, -0.05) is 37.3 Å². The highest BCUT2D eigenvalue weighted by molar-refractivity contribution is 5.96. The first-order valence-corrected chi connectivity index (χ1v) is 10.8. The molecule has 33 heavy (non-hydrogen) atoms. The summed E-state index contributed by atoms with van der Waals surface area (Å²) in [7, 11) is 3.10. The van der Waals surface area contributed by atoms with Crippen molar-refractivity contribution in [3.63, 3.8) is 0 Å². The Bertz CT molecular complexity index is 1060. The average Bonchev–Trinajstić information content (AvgIpc) is 3.25. The van der Waals surface area contributed by atoms with Gasteiger partial charge in [-0.3, -0.25) is 14.7 Å². The van der Waals surface area contributed by atoms with Gasteiger partial charge in [0.2, 0.25) is 11.8 Å². The lowest BCUT2D eigenvalue weighted by molar-refractivity contribution is -0.125. The molecule has 0 saturated heterocycles. The summed E-state index contributed by atoms with van der Waals surface area (Å²) in [4.78, 5) is 25.0. The number of anilines is 1. The van der Waals surface area contributed by atoms with Crippen molar-refractivity contribution in [2.45, 2.75) is 38.6 Å². The maximum atomic E-state index is 12.5. The Morgan fingerprint density at radius 1 is 1.00 bits per heavy atom. The van der Waals surface area contributed by atoms with Gasteiger partial charge in [0.05, 0.1) is 26.3 Å². The molecule has 2 atom stereocenters. The monoisotopic (exact) mass is 450 g/mol. The molecular formula is C25H30N4O4. The van der Waals surface area contributed by atoms with Crippen LogP contribution in [0.15, 0.2) is 54.6 Å². The molecule has 1 heterocycles. The smallest absolute Gasteiger partial charge is 0.247 e. The number of amides is 2. The largest absolute Gasteiger partial charge is 0.497 e. The van der Waals surface area contributed by atoms with Crippen LogP contribution in [0.2, 0.25) is 0 Å². The number of H-pyrrole nitrogens is 1. The Hall–Kier alpha value is -3.81. The number of methoxy groups -OCH3 is 2. The Kier molecular flexibility index (Phi) is 8.07. The number of rotatable bonds is 10. The molecule has 3 N–H and O–H groups in total. The summed E-state index contributed by atoms with van der Waals surface area (Å²) < 4.78 is 10.5. The predicted octanol–water partition coefficient (Wildman–Crippen LogP) is 3.46. The van der Waals surface area contributed by atoms with Gasteiger partial charge in [0.25, 0.3) is 0 Å². The zero-order chi connectivity index (χ0) is 23.8. The van der Waals surface area contributed by atoms with E-state index in [1.807, 2.05) is 24.3 Å². The Morgan fingerprint density at radius 3 is 2.30 bits per heavy atom. The number of hydrogen-bond acceptors (Lipinski definition) is 5. The highest BCUT2D eigenvalue weighted by Crippen LogP contribution is 2.23. The highest BCUT2D eigenvalue weighted by atomic mass is 16.5. The molecule has 8 heteroatoms. The van der Waals surface area contributed by atoms with Gasteiger partial charge in [0.1, 0.15) is 23.4 Å². The minimum atomic E-state index is -0.722. The third kappa shape index (κ3) is 6.83. The Labute approximate surface area is 193 Å². The molecule has 8 nitrogen and oxygen atoms in total. The van der Waals surface area contributed by atoms with Crippen LogP contribution in [-0.4, -0.2) is 42.3 Å². The molecule has 3 aromatic rings. The topological polar surface area (TPSA) is 105 Å². The molecule has 0 radical (unpaired) electrons. The lowest BCUT2D eigenvalue weighted by Crippen LogP contribution is -2.42. The first-order valence-electron chi connectivity index (χ1n) is 10.8. The summed E-state index contributed by atoms with van der Waals surface area (Å²) in [6, 6.07) is 16.5. The number of benzene rings is 2. The van der Waals surface area contributed by atoms with Crippen LogP contribution >= 0.6 is 0 Å². The van der Waals surface area contributed by atoms with Gasteiger partial charge in [0, 0.05) is 12.1 Å². The molecule has 0 aliphatic carbocycles. The molecule has 2 amide bonds. The molecule has 0 aliphatic rings. The zero-order valence-electron chi connectivity index (χ0n) is 19.3. The first-order chi connectivity index (χ1) is 15.9. The van der Waals surface area contributed by atoms with E-state index in [0.717, 1.165) is 17.7 Å². The van der Waals surface area contributed by atoms with Gasteiger partial charge in [0.15, 0.2) is 0 Å². The Balaban J connectivity index is 1.52. The van der Waals surface area contributed by atoms with Crippen LogP contribution in [0.25, 0.3) is 0 Å². The van der Waals surface area contributed by atoms with E-state index >= 15 is 0 Å². The van der Waals surface area contributed by atoms with Crippen molar-refractivity contribution in [1.82, 2.24) is 15.5 Å². The number of nitrogens with one attached hydrogen (secondary N) is 3. The van der Waals surface area contributed by atoms with E-state index in [0.29, 0.717) is 23.2 Å². The molecule has 0 aliphatic heterocycles. The molecule has 0 spiro atoms. The van der Waals surface area contributed by atoms with Crippen LogP contribution in [0.4, 0.5) is 5.82 Å². The highest BCUT2D eigenvalue weighted by Gasteiger charge is 2.18. The lowest BCUT2D eigenvalue weighted by atomic mass is 9.96. The summed E-state index contributed by atoms with van der Waals surface area (Å²) in [5.41, 5.74) is 2.81. The molecule has 2 unspecified atom stereocenters.